The highest BCUT2D eigenvalue weighted by atomic mass is 16.5. The number of rotatable bonds is 8. The largest absolute Gasteiger partial charge is 0.490 e. The van der Waals surface area contributed by atoms with Gasteiger partial charge in [0.2, 0.25) is 11.3 Å². The molecule has 0 bridgehead atoms. The summed E-state index contributed by atoms with van der Waals surface area (Å²) in [5, 5.41) is 4.60. The lowest BCUT2D eigenvalue weighted by Crippen LogP contribution is -2.44. The Bertz CT molecular complexity index is 1100. The summed E-state index contributed by atoms with van der Waals surface area (Å²) in [4.78, 5) is 35.8. The van der Waals surface area contributed by atoms with Crippen molar-refractivity contribution in [3.63, 3.8) is 0 Å². The van der Waals surface area contributed by atoms with E-state index in [9.17, 15) is 14.4 Å². The number of fused-ring (bicyclic) bond motifs is 1. The number of nitrogens with one attached hydrogen (secondary N) is 2. The number of carbonyl (C=O) groups is 2. The fourth-order valence-electron chi connectivity index (χ4n) is 2.77. The van der Waals surface area contributed by atoms with E-state index in [1.165, 1.54) is 6.20 Å². The molecule has 0 saturated carbocycles. The third-order valence-corrected chi connectivity index (χ3v) is 4.16. The number of hydrogen-bond acceptors (Lipinski definition) is 6. The van der Waals surface area contributed by atoms with Crippen molar-refractivity contribution in [3.8, 4) is 11.5 Å². The van der Waals surface area contributed by atoms with Gasteiger partial charge in [-0.05, 0) is 31.2 Å². The summed E-state index contributed by atoms with van der Waals surface area (Å²) in [5.41, 5.74) is 5.10. The summed E-state index contributed by atoms with van der Waals surface area (Å²) in [6, 6.07) is 14.0. The molecule has 0 aliphatic rings. The minimum atomic E-state index is -0.512. The molecule has 0 fully saturated rings. The highest BCUT2D eigenvalue weighted by Crippen LogP contribution is 2.26. The number of amides is 2. The molecule has 0 saturated heterocycles. The van der Waals surface area contributed by atoms with Gasteiger partial charge >= 0.3 is 0 Å². The average molecular weight is 410 g/mol. The Kier molecular flexibility index (Phi) is 6.99. The zero-order valence-corrected chi connectivity index (χ0v) is 16.5. The van der Waals surface area contributed by atoms with Gasteiger partial charge in [-0.2, -0.15) is 5.10 Å². The lowest BCUT2D eigenvalue weighted by atomic mass is 10.2. The fraction of sp³-hybridized carbons (Fsp3) is 0.238. The van der Waals surface area contributed by atoms with Crippen LogP contribution in [0.5, 0.6) is 11.5 Å². The molecule has 1 aromatic heterocycles. The quantitative estimate of drug-likeness (QED) is 0.543. The standard InChI is InChI=1S/C21H22N4O5/c1-2-29-18-9-5-6-10-19(18)30-14-21(28)24-23-20(27)11-12-25-16-8-4-3-7-15(16)17(26)13-22-25/h3-10,13H,2,11-12,14H2,1H3,(H,23,27)(H,24,28). The highest BCUT2D eigenvalue weighted by Gasteiger charge is 2.10. The monoisotopic (exact) mass is 410 g/mol. The van der Waals surface area contributed by atoms with Crippen molar-refractivity contribution in [1.82, 2.24) is 20.6 Å². The van der Waals surface area contributed by atoms with Crippen molar-refractivity contribution in [2.24, 2.45) is 0 Å². The van der Waals surface area contributed by atoms with E-state index in [-0.39, 0.29) is 25.0 Å². The lowest BCUT2D eigenvalue weighted by molar-refractivity contribution is -0.130. The van der Waals surface area contributed by atoms with E-state index in [2.05, 4.69) is 16.0 Å². The molecule has 3 aromatic rings. The average Bonchev–Trinajstić information content (AvgIpc) is 2.77. The molecule has 30 heavy (non-hydrogen) atoms. The Hall–Kier alpha value is -3.88. The number of benzene rings is 2. The van der Waals surface area contributed by atoms with Gasteiger partial charge in [0, 0.05) is 11.8 Å². The Morgan fingerprint density at radius 1 is 0.967 bits per heavy atom. The second kappa shape index (κ2) is 10.1. The minimum absolute atomic E-state index is 0.0637. The second-order valence-electron chi connectivity index (χ2n) is 6.26. The van der Waals surface area contributed by atoms with Gasteiger partial charge in [-0.3, -0.25) is 29.9 Å². The van der Waals surface area contributed by atoms with Crippen LogP contribution in [-0.4, -0.2) is 34.8 Å². The van der Waals surface area contributed by atoms with Crippen LogP contribution < -0.4 is 25.8 Å². The Labute approximate surface area is 172 Å². The van der Waals surface area contributed by atoms with E-state index < -0.39 is 11.8 Å². The first-order valence-corrected chi connectivity index (χ1v) is 9.45. The molecule has 9 heteroatoms. The van der Waals surface area contributed by atoms with Crippen LogP contribution in [0.15, 0.2) is 59.5 Å². The summed E-state index contributed by atoms with van der Waals surface area (Å²) in [7, 11) is 0. The maximum Gasteiger partial charge on any atom is 0.276 e. The van der Waals surface area contributed by atoms with Crippen LogP contribution in [0.2, 0.25) is 0 Å². The molecule has 1 heterocycles. The summed E-state index contributed by atoms with van der Waals surface area (Å²) in [6.45, 7) is 2.30. The van der Waals surface area contributed by atoms with Crippen molar-refractivity contribution in [2.75, 3.05) is 13.2 Å². The van der Waals surface area contributed by atoms with Gasteiger partial charge in [-0.25, -0.2) is 0 Å². The molecule has 3 rings (SSSR count). The Balaban J connectivity index is 1.47. The van der Waals surface area contributed by atoms with Gasteiger partial charge in [-0.1, -0.05) is 24.3 Å². The van der Waals surface area contributed by atoms with Gasteiger partial charge in [0.15, 0.2) is 18.1 Å². The third kappa shape index (κ3) is 5.34. The Morgan fingerprint density at radius 2 is 1.63 bits per heavy atom. The molecule has 2 aromatic carbocycles. The van der Waals surface area contributed by atoms with Crippen LogP contribution in [0.3, 0.4) is 0 Å². The summed E-state index contributed by atoms with van der Waals surface area (Å²) < 4.78 is 12.4. The number of aromatic nitrogens is 2. The van der Waals surface area contributed by atoms with Crippen LogP contribution >= 0.6 is 0 Å². The van der Waals surface area contributed by atoms with E-state index in [1.807, 2.05) is 6.92 Å². The van der Waals surface area contributed by atoms with Gasteiger partial charge in [0.25, 0.3) is 5.91 Å². The topological polar surface area (TPSA) is 112 Å². The highest BCUT2D eigenvalue weighted by molar-refractivity contribution is 5.83. The zero-order valence-electron chi connectivity index (χ0n) is 16.5. The van der Waals surface area contributed by atoms with Crippen LogP contribution in [0, 0.1) is 0 Å². The van der Waals surface area contributed by atoms with Gasteiger partial charge < -0.3 is 9.47 Å². The summed E-state index contributed by atoms with van der Waals surface area (Å²) >= 11 is 0. The number of aryl methyl sites for hydroxylation is 1. The fourth-order valence-corrected chi connectivity index (χ4v) is 2.77. The van der Waals surface area contributed by atoms with Crippen LogP contribution in [0.1, 0.15) is 13.3 Å². The normalized spacial score (nSPS) is 10.4. The van der Waals surface area contributed by atoms with Crippen molar-refractivity contribution in [3.05, 3.63) is 65.0 Å². The molecule has 0 aliphatic heterocycles. The molecule has 0 spiro atoms. The van der Waals surface area contributed by atoms with E-state index >= 15 is 0 Å². The molecule has 9 nitrogen and oxygen atoms in total. The first kappa shape index (κ1) is 20.8. The molecular formula is C21H22N4O5. The molecule has 0 unspecified atom stereocenters. The predicted octanol–water partition coefficient (Wildman–Crippen LogP) is 1.41. The van der Waals surface area contributed by atoms with Gasteiger partial charge in [0.05, 0.1) is 24.9 Å². The summed E-state index contributed by atoms with van der Waals surface area (Å²) in [6.07, 6.45) is 1.29. The smallest absolute Gasteiger partial charge is 0.276 e. The Morgan fingerprint density at radius 3 is 2.40 bits per heavy atom. The second-order valence-corrected chi connectivity index (χ2v) is 6.26. The van der Waals surface area contributed by atoms with Gasteiger partial charge in [-0.15, -0.1) is 0 Å². The van der Waals surface area contributed by atoms with Crippen molar-refractivity contribution in [1.29, 1.82) is 0 Å². The SMILES string of the molecule is CCOc1ccccc1OCC(=O)NNC(=O)CCn1ncc(=O)c2ccccc21. The zero-order chi connectivity index (χ0) is 21.3. The van der Waals surface area contributed by atoms with E-state index in [1.54, 1.807) is 53.2 Å². The number of hydrogen-bond donors (Lipinski definition) is 2. The number of carbonyl (C=O) groups excluding carboxylic acids is 2. The van der Waals surface area contributed by atoms with Crippen LogP contribution in [-0.2, 0) is 16.1 Å². The van der Waals surface area contributed by atoms with E-state index in [0.29, 0.717) is 29.0 Å². The number of para-hydroxylation sites is 3. The first-order valence-electron chi connectivity index (χ1n) is 9.45. The molecule has 2 amide bonds. The molecule has 0 atom stereocenters. The number of ether oxygens (including phenoxy) is 2. The first-order chi connectivity index (χ1) is 14.6. The summed E-state index contributed by atoms with van der Waals surface area (Å²) in [5.74, 6) is 0.0684. The third-order valence-electron chi connectivity index (χ3n) is 4.16. The lowest BCUT2D eigenvalue weighted by Gasteiger charge is -2.12. The molecule has 0 radical (unpaired) electrons. The maximum absolute atomic E-state index is 12.0. The maximum atomic E-state index is 12.0. The molecule has 2 N–H and O–H groups in total. The van der Waals surface area contributed by atoms with Gasteiger partial charge in [0.1, 0.15) is 0 Å². The van der Waals surface area contributed by atoms with Crippen molar-refractivity contribution in [2.45, 2.75) is 19.9 Å². The van der Waals surface area contributed by atoms with Crippen molar-refractivity contribution < 1.29 is 19.1 Å². The number of nitrogens with zero attached hydrogens (tertiary/aromatic N) is 2. The van der Waals surface area contributed by atoms with Crippen molar-refractivity contribution >= 4 is 22.7 Å². The van der Waals surface area contributed by atoms with Crippen LogP contribution in [0.25, 0.3) is 10.9 Å². The number of hydrazine groups is 1. The molecule has 0 aliphatic carbocycles. The minimum Gasteiger partial charge on any atom is -0.490 e. The molecular weight excluding hydrogens is 388 g/mol. The molecule has 156 valence electrons. The van der Waals surface area contributed by atoms with E-state index in [0.717, 1.165) is 0 Å². The van der Waals surface area contributed by atoms with E-state index in [4.69, 9.17) is 9.47 Å². The predicted molar refractivity (Wildman–Crippen MR) is 110 cm³/mol. The van der Waals surface area contributed by atoms with Crippen LogP contribution in [0.4, 0.5) is 0 Å².